The average molecular weight is 148 g/mol. The minimum absolute atomic E-state index is 0.201. The van der Waals surface area contributed by atoms with E-state index in [1.54, 1.807) is 6.92 Å². The number of hydrogen-bond donors (Lipinski definition) is 4. The predicted octanol–water partition coefficient (Wildman–Crippen LogP) is -1.04. The van der Waals surface area contributed by atoms with Gasteiger partial charge in [0.2, 0.25) is 0 Å². The maximum atomic E-state index is 9.15. The van der Waals surface area contributed by atoms with Crippen LogP contribution in [0.25, 0.3) is 0 Å². The summed E-state index contributed by atoms with van der Waals surface area (Å²) in [5.41, 5.74) is 9.15. The van der Waals surface area contributed by atoms with Gasteiger partial charge in [-0.3, -0.25) is 0 Å². The Balaban J connectivity index is 3.73. The first-order valence-electron chi connectivity index (χ1n) is 3.29. The molecule has 6 N–H and O–H groups in total. The van der Waals surface area contributed by atoms with Gasteiger partial charge in [-0.1, -0.05) is 6.92 Å². The Bertz CT molecular complexity index is 98.4. The van der Waals surface area contributed by atoms with Gasteiger partial charge in [-0.15, -0.1) is 0 Å². The summed E-state index contributed by atoms with van der Waals surface area (Å²) in [5.74, 6) is -0.201. The van der Waals surface area contributed by atoms with E-state index in [1.807, 2.05) is 0 Å². The summed E-state index contributed by atoms with van der Waals surface area (Å²) in [5, 5.41) is 17.8. The lowest BCUT2D eigenvalue weighted by Gasteiger charge is -2.26. The second-order valence-electron chi connectivity index (χ2n) is 2.93. The molecule has 0 aromatic carbocycles. The molecule has 0 aromatic rings. The van der Waals surface area contributed by atoms with Crippen LogP contribution in [0, 0.1) is 5.92 Å². The van der Waals surface area contributed by atoms with E-state index in [4.69, 9.17) is 21.7 Å². The van der Waals surface area contributed by atoms with Crippen LogP contribution in [0.3, 0.4) is 0 Å². The highest BCUT2D eigenvalue weighted by molar-refractivity contribution is 4.72. The van der Waals surface area contributed by atoms with Crippen LogP contribution >= 0.6 is 0 Å². The summed E-state index contributed by atoms with van der Waals surface area (Å²) in [6.07, 6.45) is -0.589. The minimum atomic E-state index is -1.25. The molecule has 3 unspecified atom stereocenters. The summed E-state index contributed by atoms with van der Waals surface area (Å²) in [6, 6.07) is 0. The molecular formula is C6H16N2O2. The molecule has 0 fully saturated rings. The fourth-order valence-corrected chi connectivity index (χ4v) is 0.601. The molecule has 0 aliphatic heterocycles. The molecule has 0 radical (unpaired) electrons. The van der Waals surface area contributed by atoms with Gasteiger partial charge >= 0.3 is 0 Å². The third-order valence-electron chi connectivity index (χ3n) is 1.59. The molecule has 0 aliphatic carbocycles. The first-order chi connectivity index (χ1) is 4.34. The Hall–Kier alpha value is -0.160. The Morgan fingerprint density at radius 1 is 1.60 bits per heavy atom. The summed E-state index contributed by atoms with van der Waals surface area (Å²) in [6.45, 7) is 3.22. The van der Waals surface area contributed by atoms with Crippen LogP contribution in [0.5, 0.6) is 0 Å². The summed E-state index contributed by atoms with van der Waals surface area (Å²) >= 11 is 0. The number of nitrogens with two attached hydrogens (primary N) is 2. The highest BCUT2D eigenvalue weighted by atomic mass is 16.3. The fraction of sp³-hybridized carbons (Fsp3) is 1.00. The lowest BCUT2D eigenvalue weighted by molar-refractivity contribution is -0.00890. The molecular weight excluding hydrogens is 132 g/mol. The number of rotatable bonds is 3. The average Bonchev–Trinajstić information content (AvgIpc) is 1.60. The van der Waals surface area contributed by atoms with Gasteiger partial charge in [-0.05, 0) is 13.3 Å². The molecule has 0 aromatic heterocycles. The molecule has 4 nitrogen and oxygen atoms in total. The second-order valence-corrected chi connectivity index (χ2v) is 2.93. The van der Waals surface area contributed by atoms with E-state index >= 15 is 0 Å². The Morgan fingerprint density at radius 3 is 2.10 bits per heavy atom. The molecule has 62 valence electrons. The van der Waals surface area contributed by atoms with Crippen molar-refractivity contribution in [3.8, 4) is 0 Å². The van der Waals surface area contributed by atoms with Gasteiger partial charge in [0, 0.05) is 5.92 Å². The third kappa shape index (κ3) is 3.79. The van der Waals surface area contributed by atoms with Crippen molar-refractivity contribution in [2.45, 2.75) is 32.2 Å². The van der Waals surface area contributed by atoms with Crippen molar-refractivity contribution in [3.05, 3.63) is 0 Å². The molecule has 4 heteroatoms. The number of aliphatic hydroxyl groups excluding tert-OH is 1. The van der Waals surface area contributed by atoms with E-state index in [2.05, 4.69) is 0 Å². The Kier molecular flexibility index (Phi) is 3.24. The van der Waals surface area contributed by atoms with Crippen molar-refractivity contribution in [3.63, 3.8) is 0 Å². The number of hydrogen-bond acceptors (Lipinski definition) is 4. The summed E-state index contributed by atoms with van der Waals surface area (Å²) in [7, 11) is 0. The fourth-order valence-electron chi connectivity index (χ4n) is 0.601. The van der Waals surface area contributed by atoms with Crippen LogP contribution in [-0.2, 0) is 0 Å². The largest absolute Gasteiger partial charge is 0.379 e. The first-order valence-corrected chi connectivity index (χ1v) is 3.29. The monoisotopic (exact) mass is 148 g/mol. The van der Waals surface area contributed by atoms with Crippen molar-refractivity contribution >= 4 is 0 Å². The molecule has 0 spiro atoms. The van der Waals surface area contributed by atoms with E-state index in [-0.39, 0.29) is 5.92 Å². The van der Waals surface area contributed by atoms with Crippen molar-refractivity contribution in [1.29, 1.82) is 0 Å². The van der Waals surface area contributed by atoms with Crippen LogP contribution in [0.15, 0.2) is 0 Å². The molecule has 0 saturated carbocycles. The smallest absolute Gasteiger partial charge is 0.113 e. The van der Waals surface area contributed by atoms with Gasteiger partial charge in [-0.25, -0.2) is 0 Å². The van der Waals surface area contributed by atoms with Gasteiger partial charge in [0.05, 0.1) is 0 Å². The summed E-state index contributed by atoms with van der Waals surface area (Å²) < 4.78 is 0. The highest BCUT2D eigenvalue weighted by Crippen LogP contribution is 2.14. The van der Waals surface area contributed by atoms with E-state index in [0.717, 1.165) is 0 Å². The Morgan fingerprint density at radius 2 is 2.00 bits per heavy atom. The molecule has 10 heavy (non-hydrogen) atoms. The molecule has 3 atom stereocenters. The lowest BCUT2D eigenvalue weighted by Crippen LogP contribution is -2.44. The van der Waals surface area contributed by atoms with Crippen LogP contribution in [-0.4, -0.2) is 22.2 Å². The summed E-state index contributed by atoms with van der Waals surface area (Å²) in [4.78, 5) is 0. The normalized spacial score (nSPS) is 23.4. The lowest BCUT2D eigenvalue weighted by atomic mass is 9.96. The van der Waals surface area contributed by atoms with Crippen LogP contribution in [0.2, 0.25) is 0 Å². The maximum absolute atomic E-state index is 9.15. The third-order valence-corrected chi connectivity index (χ3v) is 1.59. The van der Waals surface area contributed by atoms with Gasteiger partial charge in [0.15, 0.2) is 0 Å². The van der Waals surface area contributed by atoms with E-state index in [1.165, 1.54) is 6.92 Å². The van der Waals surface area contributed by atoms with Gasteiger partial charge in [0.1, 0.15) is 12.0 Å². The van der Waals surface area contributed by atoms with E-state index in [0.29, 0.717) is 6.42 Å². The molecule has 0 heterocycles. The molecule has 0 aliphatic rings. The van der Waals surface area contributed by atoms with Crippen molar-refractivity contribution in [2.24, 2.45) is 17.4 Å². The minimum Gasteiger partial charge on any atom is -0.379 e. The molecule has 0 saturated heterocycles. The van der Waals surface area contributed by atoms with Crippen LogP contribution < -0.4 is 11.5 Å². The number of aliphatic hydroxyl groups is 2. The zero-order valence-electron chi connectivity index (χ0n) is 6.41. The standard InChI is InChI=1S/C6H16N2O2/c1-4(3-5(7)9)6(2,8)10/h4-5,9-10H,3,7-8H2,1-2H3. The Labute approximate surface area is 60.8 Å². The van der Waals surface area contributed by atoms with Crippen LogP contribution in [0.1, 0.15) is 20.3 Å². The van der Waals surface area contributed by atoms with E-state index in [9.17, 15) is 0 Å². The zero-order valence-corrected chi connectivity index (χ0v) is 6.41. The van der Waals surface area contributed by atoms with Crippen molar-refractivity contribution in [1.82, 2.24) is 0 Å². The van der Waals surface area contributed by atoms with Gasteiger partial charge in [-0.2, -0.15) is 0 Å². The molecule has 0 rings (SSSR count). The molecule has 0 amide bonds. The van der Waals surface area contributed by atoms with Gasteiger partial charge < -0.3 is 21.7 Å². The maximum Gasteiger partial charge on any atom is 0.113 e. The zero-order chi connectivity index (χ0) is 8.36. The van der Waals surface area contributed by atoms with Gasteiger partial charge in [0.25, 0.3) is 0 Å². The quantitative estimate of drug-likeness (QED) is 0.384. The van der Waals surface area contributed by atoms with Crippen molar-refractivity contribution in [2.75, 3.05) is 0 Å². The van der Waals surface area contributed by atoms with Crippen molar-refractivity contribution < 1.29 is 10.2 Å². The highest BCUT2D eigenvalue weighted by Gasteiger charge is 2.23. The second kappa shape index (κ2) is 3.30. The SMILES string of the molecule is CC(CC(N)O)C(C)(N)O. The first kappa shape index (κ1) is 9.84. The van der Waals surface area contributed by atoms with Crippen LogP contribution in [0.4, 0.5) is 0 Å². The van der Waals surface area contributed by atoms with E-state index < -0.39 is 12.0 Å². The topological polar surface area (TPSA) is 92.5 Å². The molecule has 0 bridgehead atoms. The predicted molar refractivity (Wildman–Crippen MR) is 38.8 cm³/mol.